The Hall–Kier alpha value is -2.87. The van der Waals surface area contributed by atoms with Crippen LogP contribution in [0.25, 0.3) is 0 Å². The van der Waals surface area contributed by atoms with Gasteiger partial charge in [0, 0.05) is 31.6 Å². The molecule has 0 radical (unpaired) electrons. The molecule has 22 heavy (non-hydrogen) atoms. The Morgan fingerprint density at radius 3 is 3.05 bits per heavy atom. The quantitative estimate of drug-likeness (QED) is 0.877. The van der Waals surface area contributed by atoms with Gasteiger partial charge < -0.3 is 10.2 Å². The zero-order valence-corrected chi connectivity index (χ0v) is 12.3. The Morgan fingerprint density at radius 1 is 1.36 bits per heavy atom. The zero-order valence-electron chi connectivity index (χ0n) is 12.3. The predicted molar refractivity (Wildman–Crippen MR) is 86.6 cm³/mol. The molecule has 0 saturated carbocycles. The van der Waals surface area contributed by atoms with E-state index in [2.05, 4.69) is 32.8 Å². The van der Waals surface area contributed by atoms with Gasteiger partial charge in [0.2, 0.25) is 0 Å². The smallest absolute Gasteiger partial charge is 0.134 e. The molecule has 5 heteroatoms. The summed E-state index contributed by atoms with van der Waals surface area (Å²) >= 11 is 0. The zero-order chi connectivity index (χ0) is 15.4. The van der Waals surface area contributed by atoms with E-state index in [0.29, 0.717) is 18.7 Å². The van der Waals surface area contributed by atoms with E-state index in [0.717, 1.165) is 35.7 Å². The van der Waals surface area contributed by atoms with Crippen LogP contribution in [0.2, 0.25) is 0 Å². The van der Waals surface area contributed by atoms with Gasteiger partial charge in [-0.3, -0.25) is 0 Å². The van der Waals surface area contributed by atoms with Crippen LogP contribution in [0, 0.1) is 11.3 Å². The first kappa shape index (κ1) is 14.1. The minimum Gasteiger partial charge on any atom is -0.366 e. The summed E-state index contributed by atoms with van der Waals surface area (Å²) in [6, 6.07) is 9.96. The van der Waals surface area contributed by atoms with Crippen molar-refractivity contribution < 1.29 is 0 Å². The maximum Gasteiger partial charge on any atom is 0.134 e. The van der Waals surface area contributed by atoms with Gasteiger partial charge in [0.15, 0.2) is 0 Å². The summed E-state index contributed by atoms with van der Waals surface area (Å²) in [4.78, 5) is 10.9. The topological polar surface area (TPSA) is 64.8 Å². The van der Waals surface area contributed by atoms with Gasteiger partial charge in [0.1, 0.15) is 18.2 Å². The molecule has 2 heterocycles. The second-order valence-corrected chi connectivity index (χ2v) is 5.12. The molecule has 3 rings (SSSR count). The van der Waals surface area contributed by atoms with Crippen molar-refractivity contribution in [2.75, 3.05) is 23.3 Å². The molecular weight excluding hydrogens is 274 g/mol. The van der Waals surface area contributed by atoms with Crippen molar-refractivity contribution in [3.63, 3.8) is 0 Å². The fraction of sp³-hybridized carbons (Fsp3) is 0.235. The molecule has 0 spiro atoms. The molecule has 1 aliphatic rings. The second-order valence-electron chi connectivity index (χ2n) is 5.12. The number of rotatable bonds is 4. The number of nitrogens with zero attached hydrogens (tertiary/aromatic N) is 4. The SMILES string of the molecule is C=CCNc1ncnc2c1CN(c1ccccc1C#N)CC2. The van der Waals surface area contributed by atoms with E-state index < -0.39 is 0 Å². The molecule has 1 aromatic heterocycles. The van der Waals surface area contributed by atoms with E-state index in [9.17, 15) is 5.26 Å². The summed E-state index contributed by atoms with van der Waals surface area (Å²) in [5.74, 6) is 0.851. The van der Waals surface area contributed by atoms with Gasteiger partial charge in [-0.25, -0.2) is 9.97 Å². The van der Waals surface area contributed by atoms with Crippen LogP contribution in [-0.4, -0.2) is 23.1 Å². The number of hydrogen-bond acceptors (Lipinski definition) is 5. The van der Waals surface area contributed by atoms with Crippen molar-refractivity contribution in [2.45, 2.75) is 13.0 Å². The molecule has 1 aliphatic heterocycles. The predicted octanol–water partition coefficient (Wildman–Crippen LogP) is 2.51. The summed E-state index contributed by atoms with van der Waals surface area (Å²) in [6.45, 7) is 5.94. The average Bonchev–Trinajstić information content (AvgIpc) is 2.59. The van der Waals surface area contributed by atoms with Crippen LogP contribution in [0.1, 0.15) is 16.8 Å². The minimum atomic E-state index is 0.665. The molecule has 0 aliphatic carbocycles. The summed E-state index contributed by atoms with van der Waals surface area (Å²) < 4.78 is 0. The molecule has 0 unspecified atom stereocenters. The number of benzene rings is 1. The molecule has 1 N–H and O–H groups in total. The van der Waals surface area contributed by atoms with E-state index in [-0.39, 0.29) is 0 Å². The van der Waals surface area contributed by atoms with Crippen LogP contribution in [0.4, 0.5) is 11.5 Å². The third-order valence-electron chi connectivity index (χ3n) is 3.78. The van der Waals surface area contributed by atoms with Gasteiger partial charge in [0.05, 0.1) is 16.9 Å². The van der Waals surface area contributed by atoms with Crippen molar-refractivity contribution in [1.29, 1.82) is 5.26 Å². The molecule has 5 nitrogen and oxygen atoms in total. The standard InChI is InChI=1S/C17H17N5/c1-2-8-19-17-14-11-22(9-7-15(14)20-12-21-17)16-6-4-3-5-13(16)10-18/h2-6,12H,1,7-9,11H2,(H,19,20,21). The summed E-state index contributed by atoms with van der Waals surface area (Å²) in [6.07, 6.45) is 4.25. The molecule has 0 saturated heterocycles. The van der Waals surface area contributed by atoms with Gasteiger partial charge in [-0.2, -0.15) is 5.26 Å². The van der Waals surface area contributed by atoms with Crippen LogP contribution in [0.15, 0.2) is 43.2 Å². The number of para-hydroxylation sites is 1. The molecule has 0 fully saturated rings. The van der Waals surface area contributed by atoms with Crippen LogP contribution in [0.5, 0.6) is 0 Å². The number of nitriles is 1. The lowest BCUT2D eigenvalue weighted by atomic mass is 10.0. The van der Waals surface area contributed by atoms with Gasteiger partial charge in [0.25, 0.3) is 0 Å². The number of nitrogens with one attached hydrogen (secondary N) is 1. The van der Waals surface area contributed by atoms with Gasteiger partial charge in [-0.15, -0.1) is 6.58 Å². The molecular formula is C17H17N5. The van der Waals surface area contributed by atoms with E-state index in [4.69, 9.17) is 0 Å². The highest BCUT2D eigenvalue weighted by molar-refractivity contribution is 5.61. The number of aromatic nitrogens is 2. The summed E-state index contributed by atoms with van der Waals surface area (Å²) in [5.41, 5.74) is 3.84. The summed E-state index contributed by atoms with van der Waals surface area (Å²) in [7, 11) is 0. The third kappa shape index (κ3) is 2.63. The lowest BCUT2D eigenvalue weighted by Gasteiger charge is -2.31. The van der Waals surface area contributed by atoms with Crippen molar-refractivity contribution in [3.05, 3.63) is 60.1 Å². The van der Waals surface area contributed by atoms with Gasteiger partial charge in [-0.1, -0.05) is 18.2 Å². The largest absolute Gasteiger partial charge is 0.366 e. The first-order valence-corrected chi connectivity index (χ1v) is 7.25. The number of anilines is 2. The first-order valence-electron chi connectivity index (χ1n) is 7.25. The van der Waals surface area contributed by atoms with Crippen molar-refractivity contribution in [1.82, 2.24) is 9.97 Å². The Balaban J connectivity index is 1.93. The number of hydrogen-bond donors (Lipinski definition) is 1. The molecule has 0 bridgehead atoms. The molecule has 0 atom stereocenters. The van der Waals surface area contributed by atoms with Crippen molar-refractivity contribution in [3.8, 4) is 6.07 Å². The molecule has 2 aromatic rings. The van der Waals surface area contributed by atoms with Gasteiger partial charge >= 0.3 is 0 Å². The maximum atomic E-state index is 9.29. The third-order valence-corrected chi connectivity index (χ3v) is 3.78. The highest BCUT2D eigenvalue weighted by atomic mass is 15.2. The highest BCUT2D eigenvalue weighted by Gasteiger charge is 2.22. The Bertz CT molecular complexity index is 732. The average molecular weight is 291 g/mol. The first-order chi connectivity index (χ1) is 10.8. The molecule has 0 amide bonds. The minimum absolute atomic E-state index is 0.665. The highest BCUT2D eigenvalue weighted by Crippen LogP contribution is 2.28. The second kappa shape index (κ2) is 6.27. The lowest BCUT2D eigenvalue weighted by molar-refractivity contribution is 0.706. The lowest BCUT2D eigenvalue weighted by Crippen LogP contribution is -2.32. The van der Waals surface area contributed by atoms with Crippen LogP contribution in [0.3, 0.4) is 0 Å². The Labute approximate surface area is 129 Å². The summed E-state index contributed by atoms with van der Waals surface area (Å²) in [5, 5.41) is 12.6. The normalized spacial score (nSPS) is 13.1. The number of fused-ring (bicyclic) bond motifs is 1. The van der Waals surface area contributed by atoms with Crippen molar-refractivity contribution >= 4 is 11.5 Å². The van der Waals surface area contributed by atoms with Gasteiger partial charge in [-0.05, 0) is 12.1 Å². The van der Waals surface area contributed by atoms with Crippen LogP contribution in [-0.2, 0) is 13.0 Å². The Morgan fingerprint density at radius 2 is 2.23 bits per heavy atom. The Kier molecular flexibility index (Phi) is 4.01. The van der Waals surface area contributed by atoms with Crippen molar-refractivity contribution in [2.24, 2.45) is 0 Å². The van der Waals surface area contributed by atoms with E-state index in [1.807, 2.05) is 24.3 Å². The molecule has 110 valence electrons. The van der Waals surface area contributed by atoms with E-state index >= 15 is 0 Å². The molecule has 1 aromatic carbocycles. The van der Waals surface area contributed by atoms with E-state index in [1.54, 1.807) is 12.4 Å². The van der Waals surface area contributed by atoms with Crippen LogP contribution >= 0.6 is 0 Å². The monoisotopic (exact) mass is 291 g/mol. The van der Waals surface area contributed by atoms with Crippen LogP contribution < -0.4 is 10.2 Å². The maximum absolute atomic E-state index is 9.29. The fourth-order valence-electron chi connectivity index (χ4n) is 2.71. The van der Waals surface area contributed by atoms with E-state index in [1.165, 1.54) is 0 Å². The fourth-order valence-corrected chi connectivity index (χ4v) is 2.71.